The summed E-state index contributed by atoms with van der Waals surface area (Å²) in [7, 11) is -3.53. The molecule has 0 radical (unpaired) electrons. The predicted octanol–water partition coefficient (Wildman–Crippen LogP) is 3.62. The third kappa shape index (κ3) is 4.14. The number of nitrogens with zero attached hydrogens (tertiary/aromatic N) is 3. The van der Waals surface area contributed by atoms with E-state index in [1.54, 1.807) is 16.4 Å². The predicted molar refractivity (Wildman–Crippen MR) is 125 cm³/mol. The fourth-order valence-corrected chi connectivity index (χ4v) is 7.16. The van der Waals surface area contributed by atoms with Crippen LogP contribution in [0.15, 0.2) is 35.2 Å². The molecule has 2 aromatic rings. The summed E-state index contributed by atoms with van der Waals surface area (Å²) >= 11 is 0. The number of sulfonamides is 1. The van der Waals surface area contributed by atoms with Gasteiger partial charge in [-0.15, -0.1) is 0 Å². The highest BCUT2D eigenvalue weighted by molar-refractivity contribution is 7.89. The highest BCUT2D eigenvalue weighted by Gasteiger charge is 2.43. The van der Waals surface area contributed by atoms with Crippen molar-refractivity contribution in [3.8, 4) is 11.5 Å². The van der Waals surface area contributed by atoms with Crippen molar-refractivity contribution in [1.82, 2.24) is 9.21 Å². The number of likely N-dealkylation sites (tertiary alicyclic amines) is 1. The van der Waals surface area contributed by atoms with Crippen molar-refractivity contribution >= 4 is 15.7 Å². The first kappa shape index (κ1) is 23.1. The molecule has 0 N–H and O–H groups in total. The first-order chi connectivity index (χ1) is 16.2. The minimum absolute atomic E-state index is 0.0405. The van der Waals surface area contributed by atoms with Crippen molar-refractivity contribution in [1.29, 1.82) is 0 Å². The van der Waals surface area contributed by atoms with Crippen LogP contribution in [0.5, 0.6) is 11.5 Å². The van der Waals surface area contributed by atoms with Gasteiger partial charge in [-0.25, -0.2) is 8.42 Å². The molecule has 1 spiro atoms. The van der Waals surface area contributed by atoms with Crippen LogP contribution < -0.4 is 9.47 Å². The van der Waals surface area contributed by atoms with Crippen molar-refractivity contribution in [3.63, 3.8) is 0 Å². The lowest BCUT2D eigenvalue weighted by atomic mass is 9.78. The largest absolute Gasteiger partial charge is 0.454 e. The maximum absolute atomic E-state index is 13.3. The van der Waals surface area contributed by atoms with Gasteiger partial charge in [-0.3, -0.25) is 15.0 Å². The van der Waals surface area contributed by atoms with Crippen LogP contribution >= 0.6 is 0 Å². The number of piperidine rings is 1. The highest BCUT2D eigenvalue weighted by atomic mass is 32.2. The van der Waals surface area contributed by atoms with Crippen LogP contribution in [0.1, 0.15) is 36.0 Å². The van der Waals surface area contributed by atoms with Crippen molar-refractivity contribution in [2.75, 3.05) is 33.0 Å². The Balaban J connectivity index is 1.27. The molecule has 0 unspecified atom stereocenters. The molecule has 2 saturated heterocycles. The molecule has 34 heavy (non-hydrogen) atoms. The summed E-state index contributed by atoms with van der Waals surface area (Å²) in [4.78, 5) is 13.9. The first-order valence-electron chi connectivity index (χ1n) is 11.5. The lowest BCUT2D eigenvalue weighted by Gasteiger charge is -2.39. The standard InChI is InChI=1S/C24H29N3O6S/c1-17-3-4-18(2)23(11-17)34(30,31)26-9-6-24(7-10-26)5-8-25(15-24)14-19-12-21-22(33-16-32-21)13-20(19)27(28)29/h3-4,11-13H,5-10,14-16H2,1-2H3. The third-order valence-electron chi connectivity index (χ3n) is 7.43. The van der Waals surface area contributed by atoms with Crippen molar-refractivity contribution in [2.24, 2.45) is 5.41 Å². The van der Waals surface area contributed by atoms with Gasteiger partial charge in [0.1, 0.15) is 0 Å². The molecule has 3 aliphatic heterocycles. The lowest BCUT2D eigenvalue weighted by molar-refractivity contribution is -0.385. The molecule has 0 aromatic heterocycles. The first-order valence-corrected chi connectivity index (χ1v) is 13.0. The van der Waals surface area contributed by atoms with E-state index < -0.39 is 10.0 Å². The average molecular weight is 488 g/mol. The van der Waals surface area contributed by atoms with Gasteiger partial charge >= 0.3 is 0 Å². The zero-order valence-corrected chi connectivity index (χ0v) is 20.3. The SMILES string of the molecule is Cc1ccc(C)c(S(=O)(=O)N2CCC3(CCN(Cc4cc5c(cc4[N+](=O)[O-])OCO5)C3)CC2)c1. The van der Waals surface area contributed by atoms with E-state index in [9.17, 15) is 18.5 Å². The topological polar surface area (TPSA) is 102 Å². The Hall–Kier alpha value is -2.69. The molecule has 2 aromatic carbocycles. The fourth-order valence-electron chi connectivity index (χ4n) is 5.41. The van der Waals surface area contributed by atoms with Crippen LogP contribution in [0.25, 0.3) is 0 Å². The quantitative estimate of drug-likeness (QED) is 0.469. The van der Waals surface area contributed by atoms with Crippen molar-refractivity contribution < 1.29 is 22.8 Å². The number of ether oxygens (including phenoxy) is 2. The summed E-state index contributed by atoms with van der Waals surface area (Å²) in [5, 5.41) is 11.6. The molecule has 10 heteroatoms. The molecule has 0 amide bonds. The summed E-state index contributed by atoms with van der Waals surface area (Å²) in [6.45, 7) is 6.89. The molecule has 182 valence electrons. The molecule has 5 rings (SSSR count). The van der Waals surface area contributed by atoms with E-state index in [1.165, 1.54) is 6.07 Å². The number of rotatable bonds is 5. The van der Waals surface area contributed by atoms with Gasteiger partial charge in [0.15, 0.2) is 11.5 Å². The summed E-state index contributed by atoms with van der Waals surface area (Å²) in [6.07, 6.45) is 2.54. The van der Waals surface area contributed by atoms with Gasteiger partial charge in [0.2, 0.25) is 16.8 Å². The van der Waals surface area contributed by atoms with E-state index in [4.69, 9.17) is 9.47 Å². The summed E-state index contributed by atoms with van der Waals surface area (Å²) in [5.74, 6) is 0.949. The monoisotopic (exact) mass is 487 g/mol. The van der Waals surface area contributed by atoms with E-state index in [0.717, 1.165) is 43.5 Å². The second-order valence-electron chi connectivity index (χ2n) is 9.72. The number of hydrogen-bond acceptors (Lipinski definition) is 7. The maximum atomic E-state index is 13.3. The average Bonchev–Trinajstić information content (AvgIpc) is 3.41. The Labute approximate surface area is 199 Å². The van der Waals surface area contributed by atoms with E-state index in [1.807, 2.05) is 26.0 Å². The van der Waals surface area contributed by atoms with Gasteiger partial charge in [-0.05, 0) is 68.3 Å². The molecule has 0 aliphatic carbocycles. The molecular weight excluding hydrogens is 458 g/mol. The fraction of sp³-hybridized carbons (Fsp3) is 0.500. The maximum Gasteiger partial charge on any atom is 0.277 e. The minimum Gasteiger partial charge on any atom is -0.454 e. The van der Waals surface area contributed by atoms with Gasteiger partial charge in [0.25, 0.3) is 5.69 Å². The number of nitro benzene ring substituents is 1. The van der Waals surface area contributed by atoms with Crippen LogP contribution in [0.3, 0.4) is 0 Å². The van der Waals surface area contributed by atoms with E-state index in [0.29, 0.717) is 41.6 Å². The Morgan fingerprint density at radius 1 is 1.03 bits per heavy atom. The number of nitro groups is 1. The molecular formula is C24H29N3O6S. The molecule has 2 fully saturated rings. The number of benzene rings is 2. The van der Waals surface area contributed by atoms with Gasteiger partial charge in [-0.1, -0.05) is 12.1 Å². The lowest BCUT2D eigenvalue weighted by Crippen LogP contribution is -2.44. The Bertz CT molecular complexity index is 1240. The van der Waals surface area contributed by atoms with Crippen LogP contribution in [0.4, 0.5) is 5.69 Å². The van der Waals surface area contributed by atoms with Gasteiger partial charge < -0.3 is 9.47 Å². The van der Waals surface area contributed by atoms with Crippen LogP contribution in [-0.2, 0) is 16.6 Å². The molecule has 0 atom stereocenters. The molecule has 3 aliphatic rings. The van der Waals surface area contributed by atoms with Crippen molar-refractivity contribution in [3.05, 3.63) is 57.1 Å². The number of hydrogen-bond donors (Lipinski definition) is 0. The smallest absolute Gasteiger partial charge is 0.277 e. The molecule has 9 nitrogen and oxygen atoms in total. The summed E-state index contributed by atoms with van der Waals surface area (Å²) in [5.41, 5.74) is 2.39. The van der Waals surface area contributed by atoms with E-state index >= 15 is 0 Å². The van der Waals surface area contributed by atoms with Crippen LogP contribution in [-0.4, -0.2) is 55.5 Å². The third-order valence-corrected chi connectivity index (χ3v) is 9.47. The van der Waals surface area contributed by atoms with Crippen LogP contribution in [0.2, 0.25) is 0 Å². The Kier molecular flexibility index (Phi) is 5.78. The zero-order valence-electron chi connectivity index (χ0n) is 19.5. The molecule has 0 bridgehead atoms. The van der Waals surface area contributed by atoms with Gasteiger partial charge in [-0.2, -0.15) is 4.31 Å². The molecule has 3 heterocycles. The summed E-state index contributed by atoms with van der Waals surface area (Å²) < 4.78 is 38.9. The van der Waals surface area contributed by atoms with E-state index in [-0.39, 0.29) is 22.8 Å². The van der Waals surface area contributed by atoms with Gasteiger partial charge in [0, 0.05) is 31.7 Å². The highest BCUT2D eigenvalue weighted by Crippen LogP contribution is 2.43. The van der Waals surface area contributed by atoms with Crippen molar-refractivity contribution in [2.45, 2.75) is 44.6 Å². The van der Waals surface area contributed by atoms with Crippen LogP contribution in [0, 0.1) is 29.4 Å². The second kappa shape index (κ2) is 8.51. The minimum atomic E-state index is -3.53. The zero-order chi connectivity index (χ0) is 24.1. The number of aryl methyl sites for hydroxylation is 2. The van der Waals surface area contributed by atoms with Gasteiger partial charge in [0.05, 0.1) is 15.9 Å². The van der Waals surface area contributed by atoms with E-state index in [2.05, 4.69) is 4.90 Å². The second-order valence-corrected chi connectivity index (χ2v) is 11.6. The molecule has 0 saturated carbocycles. The Morgan fingerprint density at radius 3 is 2.41 bits per heavy atom. The number of fused-ring (bicyclic) bond motifs is 1. The Morgan fingerprint density at radius 2 is 1.71 bits per heavy atom. The normalized spacial score (nSPS) is 20.2. The summed E-state index contributed by atoms with van der Waals surface area (Å²) in [6, 6.07) is 8.70.